The maximum Gasteiger partial charge on any atom is 0.255 e. The number of hydrogen-bond donors (Lipinski definition) is 1. The summed E-state index contributed by atoms with van der Waals surface area (Å²) in [4.78, 5) is 46.5. The number of carbonyl (C=O) groups excluding carboxylic acids is 3. The zero-order valence-electron chi connectivity index (χ0n) is 28.6. The second-order valence-electron chi connectivity index (χ2n) is 14.1. The zero-order valence-corrected chi connectivity index (χ0v) is 30.4. The molecule has 0 saturated carbocycles. The summed E-state index contributed by atoms with van der Waals surface area (Å²) in [6.45, 7) is 20.6. The van der Waals surface area contributed by atoms with Gasteiger partial charge in [0.2, 0.25) is 11.8 Å². The van der Waals surface area contributed by atoms with Gasteiger partial charge in [0.05, 0.1) is 28.2 Å². The van der Waals surface area contributed by atoms with Crippen LogP contribution in [0.2, 0.25) is 18.1 Å². The summed E-state index contributed by atoms with van der Waals surface area (Å²) in [6.07, 6.45) is 0.0634. The number of nitrogens with one attached hydrogen (secondary N) is 1. The molecule has 0 spiro atoms. The number of likely N-dealkylation sites (tertiary alicyclic amines) is 1. The van der Waals surface area contributed by atoms with Crippen LogP contribution in [0.4, 0.5) is 0 Å². The highest BCUT2D eigenvalue weighted by Gasteiger charge is 2.47. The van der Waals surface area contributed by atoms with E-state index >= 15 is 0 Å². The van der Waals surface area contributed by atoms with E-state index in [0.717, 1.165) is 21.7 Å². The Morgan fingerprint density at radius 3 is 2.39 bits per heavy atom. The first-order chi connectivity index (χ1) is 21.5. The summed E-state index contributed by atoms with van der Waals surface area (Å²) in [5, 5.41) is 7.07. The molecule has 0 aliphatic carbocycles. The van der Waals surface area contributed by atoms with Gasteiger partial charge in [-0.25, -0.2) is 4.98 Å². The number of hydrogen-bond acceptors (Lipinski definition) is 9. The first-order valence-electron chi connectivity index (χ1n) is 15.9. The van der Waals surface area contributed by atoms with Crippen LogP contribution < -0.4 is 10.1 Å². The zero-order chi connectivity index (χ0) is 34.0. The molecule has 1 saturated heterocycles. The smallest absolute Gasteiger partial charge is 0.255 e. The molecule has 10 nitrogen and oxygen atoms in total. The Bertz CT molecular complexity index is 1510. The predicted molar refractivity (Wildman–Crippen MR) is 181 cm³/mol. The number of aromatic nitrogens is 2. The average molecular weight is 669 g/mol. The van der Waals surface area contributed by atoms with E-state index in [0.29, 0.717) is 25.0 Å². The van der Waals surface area contributed by atoms with Crippen molar-refractivity contribution in [2.75, 3.05) is 6.54 Å². The number of ether oxygens (including phenoxy) is 1. The maximum atomic E-state index is 14.3. The monoisotopic (exact) mass is 668 g/mol. The maximum absolute atomic E-state index is 14.3. The van der Waals surface area contributed by atoms with Crippen molar-refractivity contribution in [2.24, 2.45) is 5.92 Å². The van der Waals surface area contributed by atoms with Crippen LogP contribution in [-0.2, 0) is 18.8 Å². The fraction of sp³-hybridized carbons (Fsp3) is 0.559. The fourth-order valence-corrected chi connectivity index (χ4v) is 7.64. The highest BCUT2D eigenvalue weighted by atomic mass is 32.1. The highest BCUT2D eigenvalue weighted by molar-refractivity contribution is 7.13. The molecule has 5 atom stereocenters. The topological polar surface area (TPSA) is 124 Å². The average Bonchev–Trinajstić information content (AvgIpc) is 3.72. The number of nitrogens with zero attached hydrogens (tertiary/aromatic N) is 3. The molecule has 1 aliphatic rings. The highest BCUT2D eigenvalue weighted by Crippen LogP contribution is 2.40. The Kier molecular flexibility index (Phi) is 10.9. The molecule has 2 aromatic heterocycles. The van der Waals surface area contributed by atoms with Crippen molar-refractivity contribution in [3.05, 3.63) is 52.9 Å². The second-order valence-corrected chi connectivity index (χ2v) is 19.7. The molecule has 1 fully saturated rings. The van der Waals surface area contributed by atoms with Gasteiger partial charge in [-0.3, -0.25) is 14.4 Å². The second kappa shape index (κ2) is 14.2. The van der Waals surface area contributed by atoms with Crippen molar-refractivity contribution >= 4 is 37.8 Å². The number of rotatable bonds is 12. The van der Waals surface area contributed by atoms with Crippen LogP contribution in [0.3, 0.4) is 0 Å². The summed E-state index contributed by atoms with van der Waals surface area (Å²) < 4.78 is 17.8. The van der Waals surface area contributed by atoms with Gasteiger partial charge in [-0.1, -0.05) is 58.9 Å². The molecule has 2 amide bonds. The number of aldehydes is 1. The molecule has 1 aromatic carbocycles. The molecule has 1 aliphatic heterocycles. The Morgan fingerprint density at radius 1 is 1.15 bits per heavy atom. The van der Waals surface area contributed by atoms with Gasteiger partial charge < -0.3 is 23.9 Å². The molecule has 3 aromatic rings. The van der Waals surface area contributed by atoms with Crippen LogP contribution in [0.25, 0.3) is 10.4 Å². The van der Waals surface area contributed by atoms with E-state index in [1.54, 1.807) is 29.2 Å². The molecule has 0 bridgehead atoms. The van der Waals surface area contributed by atoms with E-state index in [4.69, 9.17) is 13.7 Å². The van der Waals surface area contributed by atoms with E-state index in [9.17, 15) is 14.4 Å². The van der Waals surface area contributed by atoms with E-state index in [1.165, 1.54) is 0 Å². The van der Waals surface area contributed by atoms with Crippen LogP contribution in [0.15, 0.2) is 40.4 Å². The lowest BCUT2D eigenvalue weighted by molar-refractivity contribution is -0.141. The number of benzene rings is 1. The molecule has 1 N–H and O–H groups in total. The van der Waals surface area contributed by atoms with Crippen molar-refractivity contribution in [2.45, 2.75) is 110 Å². The van der Waals surface area contributed by atoms with Crippen molar-refractivity contribution in [1.82, 2.24) is 20.4 Å². The summed E-state index contributed by atoms with van der Waals surface area (Å²) >= 11 is 1.60. The first-order valence-corrected chi connectivity index (χ1v) is 19.7. The Morgan fingerprint density at radius 2 is 1.83 bits per heavy atom. The summed E-state index contributed by atoms with van der Waals surface area (Å²) in [7, 11) is -2.19. The molecule has 1 unspecified atom stereocenters. The first kappa shape index (κ1) is 35.5. The largest absolute Gasteiger partial charge is 0.465 e. The Labute approximate surface area is 277 Å². The Hall–Kier alpha value is -3.35. The van der Waals surface area contributed by atoms with Gasteiger partial charge in [-0.2, -0.15) is 0 Å². The molecular weight excluding hydrogens is 621 g/mol. The standard InChI is InChI=1S/C34H48N4O6SSi/c1-20(2)30(28-16-29(37-43-28)42-21(3)18-39)33(41)38-17-26(44-46(9,10)34(6,7)8)15-27(38)32(40)36-22(4)24-11-13-25(14-12-24)31-23(5)35-19-45-31/h11-14,16,18-22,26-27,30H,15,17H2,1-10H3,(H,36,40)/t21-,22-,26?,27-,30+/m0/s1. The molecule has 0 radical (unpaired) electrons. The van der Waals surface area contributed by atoms with Crippen LogP contribution in [0.5, 0.6) is 5.88 Å². The van der Waals surface area contributed by atoms with E-state index in [2.05, 4.69) is 49.3 Å². The lowest BCUT2D eigenvalue weighted by atomic mass is 9.91. The molecule has 4 rings (SSSR count). The van der Waals surface area contributed by atoms with Crippen molar-refractivity contribution in [3.8, 4) is 16.3 Å². The van der Waals surface area contributed by atoms with Crippen molar-refractivity contribution < 1.29 is 28.1 Å². The van der Waals surface area contributed by atoms with E-state index in [-0.39, 0.29) is 40.8 Å². The van der Waals surface area contributed by atoms with Gasteiger partial charge in [0.25, 0.3) is 5.88 Å². The minimum Gasteiger partial charge on any atom is -0.465 e. The number of aryl methyl sites for hydroxylation is 1. The minimum atomic E-state index is -2.19. The lowest BCUT2D eigenvalue weighted by Gasteiger charge is -2.38. The fourth-order valence-electron chi connectivity index (χ4n) is 5.47. The van der Waals surface area contributed by atoms with Gasteiger partial charge in [-0.15, -0.1) is 11.3 Å². The number of amides is 2. The third-order valence-electron chi connectivity index (χ3n) is 9.14. The third-order valence-corrected chi connectivity index (χ3v) is 14.6. The third kappa shape index (κ3) is 7.95. The van der Waals surface area contributed by atoms with Gasteiger partial charge >= 0.3 is 0 Å². The number of thiazole rings is 1. The van der Waals surface area contributed by atoms with E-state index in [1.807, 2.05) is 57.5 Å². The summed E-state index contributed by atoms with van der Waals surface area (Å²) in [5.41, 5.74) is 4.87. The molecular formula is C34H48N4O6SSi. The molecule has 3 heterocycles. The number of carbonyl (C=O) groups is 3. The summed E-state index contributed by atoms with van der Waals surface area (Å²) in [5.74, 6) is -0.883. The van der Waals surface area contributed by atoms with Crippen LogP contribution in [-0.4, -0.2) is 66.3 Å². The SMILES string of the molecule is Cc1ncsc1-c1ccc([C@H](C)NC(=O)[C@@H]2CC(O[Si](C)(C)C(C)(C)C)CN2C(=O)[C@@H](c2cc(O[C@@H](C)C=O)no2)C(C)C)cc1. The minimum absolute atomic E-state index is 0.0318. The van der Waals surface area contributed by atoms with Crippen LogP contribution >= 0.6 is 11.3 Å². The molecule has 250 valence electrons. The Balaban J connectivity index is 1.58. The summed E-state index contributed by atoms with van der Waals surface area (Å²) in [6, 6.07) is 8.68. The van der Waals surface area contributed by atoms with Gasteiger partial charge in [0.15, 0.2) is 26.5 Å². The normalized spacial score (nSPS) is 19.2. The quantitative estimate of drug-likeness (QED) is 0.167. The van der Waals surface area contributed by atoms with E-state index < -0.39 is 26.4 Å². The van der Waals surface area contributed by atoms with Gasteiger partial charge in [-0.05, 0) is 61.1 Å². The van der Waals surface area contributed by atoms with Crippen molar-refractivity contribution in [1.29, 1.82) is 0 Å². The van der Waals surface area contributed by atoms with Crippen LogP contribution in [0.1, 0.15) is 83.9 Å². The van der Waals surface area contributed by atoms with Crippen LogP contribution in [0, 0.1) is 12.8 Å². The molecule has 12 heteroatoms. The molecule has 46 heavy (non-hydrogen) atoms. The lowest BCUT2D eigenvalue weighted by Crippen LogP contribution is -2.48. The predicted octanol–water partition coefficient (Wildman–Crippen LogP) is 6.68. The van der Waals surface area contributed by atoms with Gasteiger partial charge in [0, 0.05) is 19.0 Å². The van der Waals surface area contributed by atoms with Gasteiger partial charge in [0.1, 0.15) is 12.0 Å². The van der Waals surface area contributed by atoms with Crippen molar-refractivity contribution in [3.63, 3.8) is 0 Å².